The van der Waals surface area contributed by atoms with Gasteiger partial charge >= 0.3 is 6.09 Å². The highest BCUT2D eigenvalue weighted by Crippen LogP contribution is 2.50. The summed E-state index contributed by atoms with van der Waals surface area (Å²) < 4.78 is 0. The maximum Gasteiger partial charge on any atom is 0.408 e. The zero-order chi connectivity index (χ0) is 20.5. The van der Waals surface area contributed by atoms with Crippen molar-refractivity contribution in [1.29, 1.82) is 0 Å². The van der Waals surface area contributed by atoms with Crippen LogP contribution in [0.25, 0.3) is 0 Å². The number of benzene rings is 2. The maximum atomic E-state index is 12.4. The number of nitrogens with two attached hydrogens (primary N) is 1. The van der Waals surface area contributed by atoms with Crippen LogP contribution in [-0.2, 0) is 6.42 Å². The van der Waals surface area contributed by atoms with E-state index >= 15 is 0 Å². The fraction of sp³-hybridized carbons (Fsp3) is 0.435. The average molecular weight is 383 g/mol. The van der Waals surface area contributed by atoms with Crippen molar-refractivity contribution < 1.29 is 15.0 Å². The highest BCUT2D eigenvalue weighted by atomic mass is 16.4. The molecule has 0 saturated carbocycles. The minimum absolute atomic E-state index is 0.308. The molecule has 1 aliphatic rings. The molecule has 5 heteroatoms. The topological polar surface area (TPSA) is 86.8 Å². The Morgan fingerprint density at radius 2 is 1.79 bits per heavy atom. The van der Waals surface area contributed by atoms with Gasteiger partial charge in [-0.15, -0.1) is 0 Å². The normalized spacial score (nSPS) is 23.6. The Hall–Kier alpha value is -2.53. The van der Waals surface area contributed by atoms with Gasteiger partial charge in [0.1, 0.15) is 0 Å². The van der Waals surface area contributed by atoms with E-state index in [1.165, 1.54) is 4.90 Å². The summed E-state index contributed by atoms with van der Waals surface area (Å²) in [5.74, 6) is 0. The molecule has 2 aromatic carbocycles. The van der Waals surface area contributed by atoms with E-state index in [0.717, 1.165) is 11.1 Å². The minimum Gasteiger partial charge on any atom is -0.465 e. The van der Waals surface area contributed by atoms with E-state index in [2.05, 4.69) is 20.8 Å². The van der Waals surface area contributed by atoms with E-state index < -0.39 is 23.8 Å². The molecule has 0 aliphatic carbocycles. The summed E-state index contributed by atoms with van der Waals surface area (Å²) in [6.45, 7) is 6.24. The van der Waals surface area contributed by atoms with Crippen LogP contribution in [0.5, 0.6) is 0 Å². The highest BCUT2D eigenvalue weighted by molar-refractivity contribution is 5.68. The second kappa shape index (κ2) is 7.47. The molecule has 3 atom stereocenters. The zero-order valence-electron chi connectivity index (χ0n) is 16.8. The van der Waals surface area contributed by atoms with Gasteiger partial charge in [0.05, 0.1) is 17.7 Å². The van der Waals surface area contributed by atoms with E-state index in [9.17, 15) is 15.0 Å². The Morgan fingerprint density at radius 3 is 2.32 bits per heavy atom. The van der Waals surface area contributed by atoms with Gasteiger partial charge in [0.2, 0.25) is 0 Å². The molecule has 150 valence electrons. The van der Waals surface area contributed by atoms with Crippen LogP contribution < -0.4 is 5.73 Å². The fourth-order valence-corrected chi connectivity index (χ4v) is 4.60. The number of amides is 1. The second-order valence-corrected chi connectivity index (χ2v) is 8.81. The second-order valence-electron chi connectivity index (χ2n) is 8.81. The van der Waals surface area contributed by atoms with E-state index in [1.54, 1.807) is 0 Å². The quantitative estimate of drug-likeness (QED) is 0.681. The van der Waals surface area contributed by atoms with Crippen LogP contribution in [0.15, 0.2) is 54.6 Å². The van der Waals surface area contributed by atoms with E-state index in [0.29, 0.717) is 24.9 Å². The summed E-state index contributed by atoms with van der Waals surface area (Å²) >= 11 is 0. The number of carbonyl (C=O) groups is 1. The van der Waals surface area contributed by atoms with Gasteiger partial charge in [-0.05, 0) is 47.9 Å². The molecule has 0 aromatic heterocycles. The molecule has 1 saturated heterocycles. The molecule has 1 fully saturated rings. The molecule has 28 heavy (non-hydrogen) atoms. The molecule has 3 rings (SSSR count). The Labute approximate surface area is 166 Å². The van der Waals surface area contributed by atoms with Crippen LogP contribution >= 0.6 is 0 Å². The third-order valence-electron chi connectivity index (χ3n) is 6.23. The van der Waals surface area contributed by atoms with Crippen molar-refractivity contribution in [3.8, 4) is 0 Å². The Kier molecular flexibility index (Phi) is 5.39. The van der Waals surface area contributed by atoms with Crippen LogP contribution in [0.2, 0.25) is 0 Å². The molecule has 1 heterocycles. The summed E-state index contributed by atoms with van der Waals surface area (Å²) in [7, 11) is 0. The fourth-order valence-electron chi connectivity index (χ4n) is 4.60. The summed E-state index contributed by atoms with van der Waals surface area (Å²) in [6, 6.07) is 16.5. The Morgan fingerprint density at radius 1 is 1.18 bits per heavy atom. The average Bonchev–Trinajstić information content (AvgIpc) is 3.04. The highest BCUT2D eigenvalue weighted by Gasteiger charge is 2.56. The van der Waals surface area contributed by atoms with Gasteiger partial charge in [-0.3, -0.25) is 4.90 Å². The number of likely N-dealkylation sites (tertiary alicyclic amines) is 1. The van der Waals surface area contributed by atoms with Crippen molar-refractivity contribution in [2.45, 2.75) is 57.7 Å². The molecule has 0 spiro atoms. The van der Waals surface area contributed by atoms with Crippen LogP contribution in [-0.4, -0.2) is 32.8 Å². The largest absolute Gasteiger partial charge is 0.465 e. The monoisotopic (exact) mass is 382 g/mol. The van der Waals surface area contributed by atoms with Crippen molar-refractivity contribution in [2.75, 3.05) is 5.73 Å². The first-order valence-corrected chi connectivity index (χ1v) is 9.75. The van der Waals surface area contributed by atoms with Crippen molar-refractivity contribution in [3.05, 3.63) is 65.7 Å². The third kappa shape index (κ3) is 3.59. The SMILES string of the molecule is CC(C)(C)[C@@]1(Cc2ccc(N)cc2)CC[C@H]([C@H](O)c2ccccc2)N1C(=O)O. The molecule has 2 aromatic rings. The Balaban J connectivity index is 2.01. The number of hydrogen-bond acceptors (Lipinski definition) is 3. The number of anilines is 1. The lowest BCUT2D eigenvalue weighted by atomic mass is 9.68. The number of nitrogens with zero attached hydrogens (tertiary/aromatic N) is 1. The molecule has 1 amide bonds. The Bertz CT molecular complexity index is 814. The summed E-state index contributed by atoms with van der Waals surface area (Å²) in [5, 5.41) is 21.2. The van der Waals surface area contributed by atoms with Crippen molar-refractivity contribution in [3.63, 3.8) is 0 Å². The van der Waals surface area contributed by atoms with Crippen LogP contribution in [0.3, 0.4) is 0 Å². The number of rotatable bonds is 4. The summed E-state index contributed by atoms with van der Waals surface area (Å²) in [4.78, 5) is 14.0. The lowest BCUT2D eigenvalue weighted by molar-refractivity contribution is -0.0177. The van der Waals surface area contributed by atoms with Gasteiger partial charge in [0.15, 0.2) is 0 Å². The number of hydrogen-bond donors (Lipinski definition) is 3. The van der Waals surface area contributed by atoms with Gasteiger partial charge < -0.3 is 15.9 Å². The molecule has 0 radical (unpaired) electrons. The predicted octanol–water partition coefficient (Wildman–Crippen LogP) is 4.47. The minimum atomic E-state index is -0.983. The summed E-state index contributed by atoms with van der Waals surface area (Å²) in [6.07, 6.45) is 0.0630. The van der Waals surface area contributed by atoms with E-state index in [4.69, 9.17) is 5.73 Å². The molecule has 0 bridgehead atoms. The lowest BCUT2D eigenvalue weighted by Gasteiger charge is -2.49. The molecular formula is C23H30N2O3. The van der Waals surface area contributed by atoms with Gasteiger partial charge in [0, 0.05) is 5.69 Å². The molecule has 1 aliphatic heterocycles. The lowest BCUT2D eigenvalue weighted by Crippen LogP contribution is -2.59. The molecular weight excluding hydrogens is 352 g/mol. The van der Waals surface area contributed by atoms with Gasteiger partial charge in [0.25, 0.3) is 0 Å². The molecule has 0 unspecified atom stereocenters. The van der Waals surface area contributed by atoms with Gasteiger partial charge in [-0.2, -0.15) is 0 Å². The van der Waals surface area contributed by atoms with E-state index in [-0.39, 0.29) is 5.41 Å². The number of aliphatic hydroxyl groups is 1. The van der Waals surface area contributed by atoms with E-state index in [1.807, 2.05) is 54.6 Å². The third-order valence-corrected chi connectivity index (χ3v) is 6.23. The van der Waals surface area contributed by atoms with Crippen LogP contribution in [0.1, 0.15) is 50.8 Å². The number of aliphatic hydroxyl groups excluding tert-OH is 1. The van der Waals surface area contributed by atoms with Crippen LogP contribution in [0, 0.1) is 5.41 Å². The van der Waals surface area contributed by atoms with Gasteiger partial charge in [-0.25, -0.2) is 4.79 Å². The maximum absolute atomic E-state index is 12.4. The first-order valence-electron chi connectivity index (χ1n) is 9.75. The standard InChI is InChI=1S/C23H30N2O3/c1-22(2,3)23(15-16-9-11-18(24)12-10-16)14-13-19(25(23)21(27)28)20(26)17-7-5-4-6-8-17/h4-12,19-20,26H,13-15,24H2,1-3H3,(H,27,28)/t19-,20-,23+/m1/s1. The van der Waals surface area contributed by atoms with Crippen LogP contribution in [0.4, 0.5) is 10.5 Å². The zero-order valence-corrected chi connectivity index (χ0v) is 16.8. The first kappa shape index (κ1) is 20.2. The van der Waals surface area contributed by atoms with Crippen molar-refractivity contribution in [1.82, 2.24) is 4.90 Å². The number of carboxylic acid groups (broad SMARTS) is 1. The smallest absolute Gasteiger partial charge is 0.408 e. The van der Waals surface area contributed by atoms with Gasteiger partial charge in [-0.1, -0.05) is 63.2 Å². The molecule has 5 nitrogen and oxygen atoms in total. The summed E-state index contributed by atoms with van der Waals surface area (Å²) in [5.41, 5.74) is 7.37. The number of nitrogen functional groups attached to an aromatic ring is 1. The van der Waals surface area contributed by atoms with Crippen molar-refractivity contribution >= 4 is 11.8 Å². The first-order chi connectivity index (χ1) is 13.2. The predicted molar refractivity (Wildman–Crippen MR) is 111 cm³/mol. The van der Waals surface area contributed by atoms with Crippen molar-refractivity contribution in [2.24, 2.45) is 5.41 Å². The molecule has 4 N–H and O–H groups in total.